The highest BCUT2D eigenvalue weighted by atomic mass is 15.2. The van der Waals surface area contributed by atoms with Gasteiger partial charge in [0.15, 0.2) is 0 Å². The van der Waals surface area contributed by atoms with E-state index < -0.39 is 0 Å². The fourth-order valence-electron chi connectivity index (χ4n) is 3.45. The number of hydrogen-bond donors (Lipinski definition) is 1. The lowest BCUT2D eigenvalue weighted by atomic mass is 9.72. The highest BCUT2D eigenvalue weighted by Gasteiger charge is 2.46. The smallest absolute Gasteiger partial charge is 0.0358 e. The van der Waals surface area contributed by atoms with Crippen LogP contribution >= 0.6 is 0 Å². The van der Waals surface area contributed by atoms with E-state index in [0.29, 0.717) is 11.6 Å². The highest BCUT2D eigenvalue weighted by Crippen LogP contribution is 2.42. The summed E-state index contributed by atoms with van der Waals surface area (Å²) in [6, 6.07) is 0.435. The SMILES string of the molecule is CCC1CCC2(CC1)C(N)CCN2C. The van der Waals surface area contributed by atoms with Crippen LogP contribution in [0.4, 0.5) is 0 Å². The molecule has 1 atom stereocenters. The Hall–Kier alpha value is -0.0800. The van der Waals surface area contributed by atoms with Crippen molar-refractivity contribution in [3.8, 4) is 0 Å². The number of hydrogen-bond acceptors (Lipinski definition) is 2. The minimum Gasteiger partial charge on any atom is -0.326 e. The number of rotatable bonds is 1. The van der Waals surface area contributed by atoms with Crippen molar-refractivity contribution < 1.29 is 0 Å². The van der Waals surface area contributed by atoms with Gasteiger partial charge in [-0.05, 0) is 51.6 Å². The van der Waals surface area contributed by atoms with E-state index in [1.165, 1.54) is 45.1 Å². The summed E-state index contributed by atoms with van der Waals surface area (Å²) < 4.78 is 0. The van der Waals surface area contributed by atoms with Crippen LogP contribution in [0, 0.1) is 5.92 Å². The largest absolute Gasteiger partial charge is 0.326 e. The van der Waals surface area contributed by atoms with Crippen molar-refractivity contribution in [3.63, 3.8) is 0 Å². The molecule has 0 bridgehead atoms. The fraction of sp³-hybridized carbons (Fsp3) is 1.00. The zero-order valence-corrected chi connectivity index (χ0v) is 9.63. The van der Waals surface area contributed by atoms with Crippen LogP contribution in [0.15, 0.2) is 0 Å². The van der Waals surface area contributed by atoms with E-state index in [4.69, 9.17) is 5.73 Å². The molecule has 2 N–H and O–H groups in total. The van der Waals surface area contributed by atoms with Crippen LogP contribution < -0.4 is 5.73 Å². The van der Waals surface area contributed by atoms with Crippen molar-refractivity contribution in [1.29, 1.82) is 0 Å². The monoisotopic (exact) mass is 196 g/mol. The molecule has 2 nitrogen and oxygen atoms in total. The van der Waals surface area contributed by atoms with E-state index in [-0.39, 0.29) is 0 Å². The molecule has 1 saturated carbocycles. The standard InChI is InChI=1S/C12H24N2/c1-3-10-4-7-12(8-5-10)11(13)6-9-14(12)2/h10-11H,3-9,13H2,1-2H3. The zero-order valence-electron chi connectivity index (χ0n) is 9.63. The molecule has 1 saturated heterocycles. The first-order valence-electron chi connectivity index (χ1n) is 6.16. The Morgan fingerprint density at radius 3 is 2.36 bits per heavy atom. The molecular weight excluding hydrogens is 172 g/mol. The van der Waals surface area contributed by atoms with Gasteiger partial charge in [0.2, 0.25) is 0 Å². The van der Waals surface area contributed by atoms with Crippen LogP contribution in [0.5, 0.6) is 0 Å². The Bertz CT molecular complexity index is 182. The van der Waals surface area contributed by atoms with E-state index in [9.17, 15) is 0 Å². The third-order valence-corrected chi connectivity index (χ3v) is 4.77. The maximum absolute atomic E-state index is 6.28. The molecule has 0 aromatic carbocycles. The van der Waals surface area contributed by atoms with Crippen LogP contribution in [0.3, 0.4) is 0 Å². The molecule has 1 heterocycles. The Labute approximate surface area is 87.8 Å². The molecule has 2 heteroatoms. The lowest BCUT2D eigenvalue weighted by molar-refractivity contribution is 0.0839. The summed E-state index contributed by atoms with van der Waals surface area (Å²) in [5, 5.41) is 0. The Morgan fingerprint density at radius 1 is 1.29 bits per heavy atom. The molecule has 82 valence electrons. The van der Waals surface area contributed by atoms with Gasteiger partial charge in [0, 0.05) is 11.6 Å². The van der Waals surface area contributed by atoms with Crippen molar-refractivity contribution in [1.82, 2.24) is 4.90 Å². The summed E-state index contributed by atoms with van der Waals surface area (Å²) in [5.41, 5.74) is 6.66. The molecule has 0 aromatic heterocycles. The molecule has 1 unspecified atom stereocenters. The maximum Gasteiger partial charge on any atom is 0.0358 e. The molecular formula is C12H24N2. The van der Waals surface area contributed by atoms with Crippen LogP contribution in [0.2, 0.25) is 0 Å². The minimum atomic E-state index is 0.381. The van der Waals surface area contributed by atoms with Crippen molar-refractivity contribution in [3.05, 3.63) is 0 Å². The van der Waals surface area contributed by atoms with E-state index in [1.807, 2.05) is 0 Å². The van der Waals surface area contributed by atoms with Gasteiger partial charge in [-0.2, -0.15) is 0 Å². The average Bonchev–Trinajstić information content (AvgIpc) is 2.49. The third-order valence-electron chi connectivity index (χ3n) is 4.77. The lowest BCUT2D eigenvalue weighted by Gasteiger charge is -2.44. The molecule has 0 radical (unpaired) electrons. The van der Waals surface area contributed by atoms with Crippen molar-refractivity contribution >= 4 is 0 Å². The molecule has 1 aliphatic heterocycles. The summed E-state index contributed by atoms with van der Waals surface area (Å²) in [6.45, 7) is 3.53. The Balaban J connectivity index is 2.03. The van der Waals surface area contributed by atoms with Gasteiger partial charge < -0.3 is 5.73 Å². The maximum atomic E-state index is 6.28. The van der Waals surface area contributed by atoms with Gasteiger partial charge in [0.1, 0.15) is 0 Å². The number of nitrogens with zero attached hydrogens (tertiary/aromatic N) is 1. The van der Waals surface area contributed by atoms with Crippen LogP contribution in [0.1, 0.15) is 45.4 Å². The number of likely N-dealkylation sites (tertiary alicyclic amines) is 1. The first kappa shape index (κ1) is 10.4. The highest BCUT2D eigenvalue weighted by molar-refractivity contribution is 5.05. The van der Waals surface area contributed by atoms with Gasteiger partial charge in [-0.25, -0.2) is 0 Å². The van der Waals surface area contributed by atoms with Crippen LogP contribution in [0.25, 0.3) is 0 Å². The van der Waals surface area contributed by atoms with E-state index in [0.717, 1.165) is 5.92 Å². The summed E-state index contributed by atoms with van der Waals surface area (Å²) in [6.07, 6.45) is 8.03. The molecule has 2 aliphatic rings. The number of likely N-dealkylation sites (N-methyl/N-ethyl adjacent to an activating group) is 1. The van der Waals surface area contributed by atoms with Crippen LogP contribution in [-0.2, 0) is 0 Å². The summed E-state index contributed by atoms with van der Waals surface area (Å²) in [7, 11) is 2.26. The number of nitrogens with two attached hydrogens (primary N) is 1. The molecule has 1 aliphatic carbocycles. The molecule has 2 rings (SSSR count). The molecule has 0 aromatic rings. The van der Waals surface area contributed by atoms with Crippen LogP contribution in [-0.4, -0.2) is 30.1 Å². The summed E-state index contributed by atoms with van der Waals surface area (Å²) in [4.78, 5) is 2.53. The second-order valence-corrected chi connectivity index (χ2v) is 5.27. The Kier molecular flexibility index (Phi) is 2.85. The van der Waals surface area contributed by atoms with Gasteiger partial charge in [0.25, 0.3) is 0 Å². The molecule has 2 fully saturated rings. The predicted molar refractivity (Wildman–Crippen MR) is 60.2 cm³/mol. The first-order valence-corrected chi connectivity index (χ1v) is 6.16. The Morgan fingerprint density at radius 2 is 1.93 bits per heavy atom. The predicted octanol–water partition coefficient (Wildman–Crippen LogP) is 1.99. The summed E-state index contributed by atoms with van der Waals surface area (Å²) in [5.74, 6) is 0.974. The van der Waals surface area contributed by atoms with E-state index >= 15 is 0 Å². The van der Waals surface area contributed by atoms with E-state index in [1.54, 1.807) is 0 Å². The fourth-order valence-corrected chi connectivity index (χ4v) is 3.45. The second kappa shape index (κ2) is 3.82. The summed E-state index contributed by atoms with van der Waals surface area (Å²) >= 11 is 0. The van der Waals surface area contributed by atoms with Gasteiger partial charge in [-0.1, -0.05) is 13.3 Å². The van der Waals surface area contributed by atoms with Crippen molar-refractivity contribution in [2.45, 2.75) is 57.0 Å². The minimum absolute atomic E-state index is 0.381. The topological polar surface area (TPSA) is 29.3 Å². The first-order chi connectivity index (χ1) is 6.69. The van der Waals surface area contributed by atoms with Gasteiger partial charge in [-0.3, -0.25) is 4.90 Å². The van der Waals surface area contributed by atoms with Crippen molar-refractivity contribution in [2.75, 3.05) is 13.6 Å². The quantitative estimate of drug-likeness (QED) is 0.695. The third kappa shape index (κ3) is 1.49. The zero-order chi connectivity index (χ0) is 10.2. The van der Waals surface area contributed by atoms with Gasteiger partial charge in [0.05, 0.1) is 0 Å². The normalized spacial score (nSPS) is 44.8. The molecule has 1 spiro atoms. The van der Waals surface area contributed by atoms with Crippen molar-refractivity contribution in [2.24, 2.45) is 11.7 Å². The molecule has 14 heavy (non-hydrogen) atoms. The van der Waals surface area contributed by atoms with Gasteiger partial charge in [-0.15, -0.1) is 0 Å². The second-order valence-electron chi connectivity index (χ2n) is 5.27. The van der Waals surface area contributed by atoms with Gasteiger partial charge >= 0.3 is 0 Å². The average molecular weight is 196 g/mol. The van der Waals surface area contributed by atoms with E-state index in [2.05, 4.69) is 18.9 Å². The molecule has 0 amide bonds. The lowest BCUT2D eigenvalue weighted by Crippen LogP contribution is -2.54.